The normalized spacial score (nSPS) is 26.9. The Labute approximate surface area is 198 Å². The molecule has 2 heterocycles. The summed E-state index contributed by atoms with van der Waals surface area (Å²) < 4.78 is 66.7. The lowest BCUT2D eigenvalue weighted by Gasteiger charge is -2.44. The van der Waals surface area contributed by atoms with Gasteiger partial charge in [0.25, 0.3) is 0 Å². The molecule has 6 nitrogen and oxygen atoms in total. The van der Waals surface area contributed by atoms with Crippen LogP contribution >= 0.6 is 11.6 Å². The van der Waals surface area contributed by atoms with E-state index >= 15 is 0 Å². The fourth-order valence-electron chi connectivity index (χ4n) is 4.18. The molecule has 4 atom stereocenters. The Morgan fingerprint density at radius 3 is 2.62 bits per heavy atom. The average Bonchev–Trinajstić information content (AvgIpc) is 2.71. The maximum absolute atomic E-state index is 14.0. The number of urea groups is 1. The minimum absolute atomic E-state index is 0.00182. The molecule has 2 fully saturated rings. The average molecular weight is 502 g/mol. The van der Waals surface area contributed by atoms with Crippen molar-refractivity contribution in [2.75, 3.05) is 11.9 Å². The number of nitrogens with one attached hydrogen (secondary N) is 3. The minimum atomic E-state index is -4.61. The van der Waals surface area contributed by atoms with Crippen LogP contribution in [0.5, 0.6) is 5.75 Å². The van der Waals surface area contributed by atoms with Crippen LogP contribution in [0.15, 0.2) is 42.5 Å². The van der Waals surface area contributed by atoms with Crippen molar-refractivity contribution in [3.8, 4) is 5.75 Å². The summed E-state index contributed by atoms with van der Waals surface area (Å²) in [6, 6.07) is 8.43. The summed E-state index contributed by atoms with van der Waals surface area (Å²) in [5, 5.41) is 8.51. The van der Waals surface area contributed by atoms with Crippen molar-refractivity contribution in [2.45, 2.75) is 56.3 Å². The van der Waals surface area contributed by atoms with Crippen molar-refractivity contribution >= 4 is 23.3 Å². The van der Waals surface area contributed by atoms with Crippen molar-refractivity contribution in [2.24, 2.45) is 0 Å². The van der Waals surface area contributed by atoms with Gasteiger partial charge >= 0.3 is 12.2 Å². The fourth-order valence-corrected chi connectivity index (χ4v) is 4.34. The molecule has 0 saturated carbocycles. The molecule has 34 heavy (non-hydrogen) atoms. The number of halogens is 5. The van der Waals surface area contributed by atoms with E-state index in [1.807, 2.05) is 6.92 Å². The first kappa shape index (κ1) is 24.6. The summed E-state index contributed by atoms with van der Waals surface area (Å²) >= 11 is 5.73. The molecule has 4 unspecified atom stereocenters. The number of hydrogen-bond donors (Lipinski definition) is 3. The van der Waals surface area contributed by atoms with Gasteiger partial charge in [0.1, 0.15) is 11.6 Å². The molecule has 2 amide bonds. The fraction of sp³-hybridized carbons (Fsp3) is 0.435. The Kier molecular flexibility index (Phi) is 6.93. The van der Waals surface area contributed by atoms with Crippen LogP contribution in [0.1, 0.15) is 31.7 Å². The first-order valence-electron chi connectivity index (χ1n) is 10.8. The van der Waals surface area contributed by atoms with E-state index in [-0.39, 0.29) is 41.1 Å². The molecule has 2 aromatic rings. The highest BCUT2D eigenvalue weighted by atomic mass is 35.5. The monoisotopic (exact) mass is 501 g/mol. The molecular formula is C23H24ClF4N3O3. The summed E-state index contributed by atoms with van der Waals surface area (Å²) in [5.41, 5.74) is -2.59. The number of anilines is 1. The number of alkyl halides is 3. The zero-order chi connectivity index (χ0) is 24.5. The van der Waals surface area contributed by atoms with Gasteiger partial charge in [-0.3, -0.25) is 5.32 Å². The molecule has 0 spiro atoms. The van der Waals surface area contributed by atoms with E-state index in [4.69, 9.17) is 21.1 Å². The third kappa shape index (κ3) is 4.94. The molecule has 2 aromatic carbocycles. The Balaban J connectivity index is 1.52. The topological polar surface area (TPSA) is 71.6 Å². The molecule has 0 bridgehead atoms. The van der Waals surface area contributed by atoms with Crippen molar-refractivity contribution in [3.63, 3.8) is 0 Å². The number of ether oxygens (including phenoxy) is 2. The summed E-state index contributed by atoms with van der Waals surface area (Å²) in [5.74, 6) is -0.681. The third-order valence-electron chi connectivity index (χ3n) is 6.06. The summed E-state index contributed by atoms with van der Waals surface area (Å²) in [6.07, 6.45) is -4.45. The molecule has 0 aliphatic carbocycles. The van der Waals surface area contributed by atoms with E-state index in [0.29, 0.717) is 12.8 Å². The molecule has 3 N–H and O–H groups in total. The predicted molar refractivity (Wildman–Crippen MR) is 118 cm³/mol. The van der Waals surface area contributed by atoms with Gasteiger partial charge in [-0.2, -0.15) is 13.2 Å². The number of hydrogen-bond acceptors (Lipinski definition) is 4. The third-order valence-corrected chi connectivity index (χ3v) is 6.29. The largest absolute Gasteiger partial charge is 0.473 e. The van der Waals surface area contributed by atoms with Gasteiger partial charge in [-0.15, -0.1) is 0 Å². The molecule has 11 heteroatoms. The number of benzene rings is 2. The number of amides is 2. The maximum Gasteiger partial charge on any atom is 0.421 e. The summed E-state index contributed by atoms with van der Waals surface area (Å²) in [6.45, 7) is 1.91. The minimum Gasteiger partial charge on any atom is -0.473 e. The van der Waals surface area contributed by atoms with Crippen LogP contribution in [0.25, 0.3) is 0 Å². The molecule has 2 saturated heterocycles. The highest BCUT2D eigenvalue weighted by molar-refractivity contribution is 6.30. The van der Waals surface area contributed by atoms with Gasteiger partial charge in [-0.1, -0.05) is 29.8 Å². The Bertz CT molecular complexity index is 1050. The van der Waals surface area contributed by atoms with E-state index in [2.05, 4.69) is 16.0 Å². The van der Waals surface area contributed by atoms with E-state index in [1.165, 1.54) is 30.3 Å². The van der Waals surface area contributed by atoms with Crippen LogP contribution < -0.4 is 20.7 Å². The zero-order valence-corrected chi connectivity index (χ0v) is 19.0. The first-order chi connectivity index (χ1) is 16.1. The lowest BCUT2D eigenvalue weighted by atomic mass is 9.85. The zero-order valence-electron chi connectivity index (χ0n) is 18.2. The van der Waals surface area contributed by atoms with Crippen LogP contribution in [-0.2, 0) is 10.3 Å². The highest BCUT2D eigenvalue weighted by Gasteiger charge is 2.62. The van der Waals surface area contributed by atoms with Crippen LogP contribution in [0.3, 0.4) is 0 Å². The van der Waals surface area contributed by atoms with Crippen molar-refractivity contribution < 1.29 is 31.8 Å². The smallest absolute Gasteiger partial charge is 0.421 e. The van der Waals surface area contributed by atoms with Gasteiger partial charge in [-0.05, 0) is 44.0 Å². The number of para-hydroxylation sites is 1. The van der Waals surface area contributed by atoms with Gasteiger partial charge in [-0.25, -0.2) is 9.18 Å². The Hall–Kier alpha value is -2.56. The molecule has 2 aliphatic rings. The van der Waals surface area contributed by atoms with E-state index in [0.717, 1.165) is 6.07 Å². The van der Waals surface area contributed by atoms with E-state index in [9.17, 15) is 22.4 Å². The molecule has 0 radical (unpaired) electrons. The lowest BCUT2D eigenvalue weighted by Crippen LogP contribution is -2.59. The van der Waals surface area contributed by atoms with Gasteiger partial charge in [0, 0.05) is 23.0 Å². The lowest BCUT2D eigenvalue weighted by molar-refractivity contribution is -0.334. The highest BCUT2D eigenvalue weighted by Crippen LogP contribution is 2.52. The van der Waals surface area contributed by atoms with Gasteiger partial charge in [0.05, 0.1) is 18.3 Å². The number of piperidine rings is 1. The van der Waals surface area contributed by atoms with Gasteiger partial charge in [0.15, 0.2) is 11.8 Å². The Morgan fingerprint density at radius 1 is 1.24 bits per heavy atom. The number of carbonyl (C=O) groups excluding carboxylic acids is 1. The summed E-state index contributed by atoms with van der Waals surface area (Å²) in [7, 11) is 0. The Morgan fingerprint density at radius 2 is 1.97 bits per heavy atom. The predicted octanol–water partition coefficient (Wildman–Crippen LogP) is 5.32. The molecular weight excluding hydrogens is 478 g/mol. The van der Waals surface area contributed by atoms with Gasteiger partial charge in [0.2, 0.25) is 0 Å². The second-order valence-electron chi connectivity index (χ2n) is 8.43. The quantitative estimate of drug-likeness (QED) is 0.485. The standard InChI is InChI=1S/C23H24ClF4N3O3/c1-13-6-8-18(31-21(32)30-17-9-7-14(24)12-16(17)25)20(29-13)34-19-5-3-2-4-15(19)22(10-11-33-22)23(26,27)28/h2-5,7,9,12-13,18,20,29H,6,8,10-11H2,1H3,(H2,30,31,32). The van der Waals surface area contributed by atoms with Crippen LogP contribution in [0.4, 0.5) is 28.0 Å². The second-order valence-corrected chi connectivity index (χ2v) is 8.87. The maximum atomic E-state index is 14.0. The van der Waals surface area contributed by atoms with Gasteiger partial charge < -0.3 is 20.1 Å². The SMILES string of the molecule is CC1CCC(NC(=O)Nc2ccc(Cl)cc2F)C(Oc2ccccc2C2(C(F)(F)F)CCO2)N1. The summed E-state index contributed by atoms with van der Waals surface area (Å²) in [4.78, 5) is 12.5. The van der Waals surface area contributed by atoms with Crippen molar-refractivity contribution in [3.05, 3.63) is 58.9 Å². The van der Waals surface area contributed by atoms with Crippen LogP contribution in [0, 0.1) is 5.82 Å². The second kappa shape index (κ2) is 9.59. The van der Waals surface area contributed by atoms with Crippen LogP contribution in [-0.4, -0.2) is 37.1 Å². The van der Waals surface area contributed by atoms with Crippen molar-refractivity contribution in [1.82, 2.24) is 10.6 Å². The number of carbonyl (C=O) groups is 1. The van der Waals surface area contributed by atoms with Crippen LogP contribution in [0.2, 0.25) is 5.02 Å². The molecule has 0 aromatic heterocycles. The first-order valence-corrected chi connectivity index (χ1v) is 11.2. The number of rotatable bonds is 5. The molecule has 2 aliphatic heterocycles. The van der Waals surface area contributed by atoms with Crippen molar-refractivity contribution in [1.29, 1.82) is 0 Å². The van der Waals surface area contributed by atoms with E-state index in [1.54, 1.807) is 6.07 Å². The molecule has 184 valence electrons. The molecule has 4 rings (SSSR count). The van der Waals surface area contributed by atoms with E-state index < -0.39 is 35.9 Å².